The second-order valence-corrected chi connectivity index (χ2v) is 17.2. The molecule has 1 amide bonds. The standard InChI is InChI=1S/C34H42BrF2N10O3P/c1-45-13-15-46(16-14-45)21-7-11-47(12-8-21)27-18-28(50-2)26(17-25(27)41-30(48)19-29(36)37)43-34-40-20-22(35)33(44-34)42-24-6-5-23-31(39-10-9-38-23)32(24)51(3,4)49/h5-6,9-10,17-18,20-21,29H,7-8,11-16,19H2,1-4H3,(H,41,48)(H2,40,42,43,44). The van der Waals surface area contributed by atoms with Gasteiger partial charge in [0.2, 0.25) is 18.3 Å². The molecule has 2 saturated heterocycles. The van der Waals surface area contributed by atoms with Crippen molar-refractivity contribution in [2.45, 2.75) is 31.7 Å². The number of carbonyl (C=O) groups excluding carboxylic acids is 1. The number of rotatable bonds is 11. The molecule has 0 radical (unpaired) electrons. The molecule has 0 unspecified atom stereocenters. The van der Waals surface area contributed by atoms with Gasteiger partial charge in [-0.25, -0.2) is 13.8 Å². The molecule has 6 rings (SSSR count). The Morgan fingerprint density at radius 3 is 2.41 bits per heavy atom. The molecule has 2 aromatic heterocycles. The highest BCUT2D eigenvalue weighted by atomic mass is 79.9. The minimum absolute atomic E-state index is 0.183. The average Bonchev–Trinajstić information content (AvgIpc) is 3.09. The lowest BCUT2D eigenvalue weighted by molar-refractivity contribution is -0.118. The highest BCUT2D eigenvalue weighted by Gasteiger charge is 2.29. The molecular formula is C34H42BrF2N10O3P. The van der Waals surface area contributed by atoms with Gasteiger partial charge in [0.05, 0.1) is 51.6 Å². The molecule has 2 aliphatic rings. The van der Waals surface area contributed by atoms with Gasteiger partial charge < -0.3 is 35.1 Å². The van der Waals surface area contributed by atoms with E-state index in [-0.39, 0.29) is 5.95 Å². The van der Waals surface area contributed by atoms with Gasteiger partial charge in [-0.15, -0.1) is 0 Å². The number of aromatic nitrogens is 4. The highest BCUT2D eigenvalue weighted by molar-refractivity contribution is 9.10. The quantitative estimate of drug-likeness (QED) is 0.160. The summed E-state index contributed by atoms with van der Waals surface area (Å²) in [5.41, 5.74) is 3.20. The molecule has 272 valence electrons. The molecule has 4 aromatic rings. The Morgan fingerprint density at radius 2 is 1.73 bits per heavy atom. The Bertz CT molecular complexity index is 1930. The van der Waals surface area contributed by atoms with Crippen LogP contribution in [0.5, 0.6) is 5.75 Å². The Morgan fingerprint density at radius 1 is 1.00 bits per heavy atom. The lowest BCUT2D eigenvalue weighted by Gasteiger charge is -2.43. The van der Waals surface area contributed by atoms with Gasteiger partial charge >= 0.3 is 0 Å². The van der Waals surface area contributed by atoms with Crippen molar-refractivity contribution >= 4 is 79.8 Å². The third-order valence-electron chi connectivity index (χ3n) is 9.19. The van der Waals surface area contributed by atoms with E-state index in [0.717, 1.165) is 52.1 Å². The number of ether oxygens (including phenoxy) is 1. The zero-order valence-corrected chi connectivity index (χ0v) is 31.5. The maximum absolute atomic E-state index is 13.5. The van der Waals surface area contributed by atoms with Crippen molar-refractivity contribution in [1.29, 1.82) is 0 Å². The summed E-state index contributed by atoms with van der Waals surface area (Å²) in [6, 6.07) is 7.51. The van der Waals surface area contributed by atoms with Gasteiger partial charge in [-0.05, 0) is 67.3 Å². The van der Waals surface area contributed by atoms with Crippen LogP contribution in [0.2, 0.25) is 0 Å². The third kappa shape index (κ3) is 8.74. The molecule has 0 bridgehead atoms. The lowest BCUT2D eigenvalue weighted by atomic mass is 10.0. The molecule has 0 atom stereocenters. The fourth-order valence-corrected chi connectivity index (χ4v) is 8.31. The third-order valence-corrected chi connectivity index (χ3v) is 11.3. The Hall–Kier alpha value is -3.98. The zero-order valence-electron chi connectivity index (χ0n) is 29.0. The molecule has 0 aliphatic carbocycles. The van der Waals surface area contributed by atoms with Gasteiger partial charge in [-0.1, -0.05) is 0 Å². The van der Waals surface area contributed by atoms with E-state index in [1.165, 1.54) is 7.11 Å². The van der Waals surface area contributed by atoms with Crippen LogP contribution in [0.1, 0.15) is 19.3 Å². The number of methoxy groups -OCH3 is 1. The van der Waals surface area contributed by atoms with Crippen LogP contribution in [0.25, 0.3) is 11.0 Å². The summed E-state index contributed by atoms with van der Waals surface area (Å²) in [7, 11) is 0.844. The molecule has 2 fully saturated rings. The van der Waals surface area contributed by atoms with Crippen LogP contribution < -0.4 is 30.9 Å². The van der Waals surface area contributed by atoms with Gasteiger partial charge in [0.25, 0.3) is 0 Å². The molecular weight excluding hydrogens is 745 g/mol. The number of halogens is 3. The van der Waals surface area contributed by atoms with Crippen LogP contribution in [-0.2, 0) is 9.36 Å². The summed E-state index contributed by atoms with van der Waals surface area (Å²) in [4.78, 5) is 37.6. The number of benzene rings is 2. The summed E-state index contributed by atoms with van der Waals surface area (Å²) in [5.74, 6) is 0.228. The Kier molecular flexibility index (Phi) is 11.3. The smallest absolute Gasteiger partial charge is 0.247 e. The Labute approximate surface area is 304 Å². The van der Waals surface area contributed by atoms with Crippen LogP contribution in [0.15, 0.2) is 47.3 Å². The number of likely N-dealkylation sites (N-methyl/N-ethyl adjacent to an activating group) is 1. The first kappa shape index (κ1) is 36.8. The first-order chi connectivity index (χ1) is 24.4. The summed E-state index contributed by atoms with van der Waals surface area (Å²) in [6.07, 6.45) is 2.89. The number of fused-ring (bicyclic) bond motifs is 1. The fourth-order valence-electron chi connectivity index (χ4n) is 6.63. The number of nitrogens with one attached hydrogen (secondary N) is 3. The van der Waals surface area contributed by atoms with E-state index >= 15 is 0 Å². The molecule has 13 nitrogen and oxygen atoms in total. The maximum atomic E-state index is 13.5. The van der Waals surface area contributed by atoms with E-state index in [9.17, 15) is 18.1 Å². The minimum atomic E-state index is -2.83. The van der Waals surface area contributed by atoms with Crippen molar-refractivity contribution in [1.82, 2.24) is 29.7 Å². The molecule has 2 aliphatic heterocycles. The van der Waals surface area contributed by atoms with Crippen molar-refractivity contribution in [3.8, 4) is 5.75 Å². The predicted octanol–water partition coefficient (Wildman–Crippen LogP) is 5.74. The van der Waals surface area contributed by atoms with Gasteiger partial charge in [-0.3, -0.25) is 19.7 Å². The van der Waals surface area contributed by atoms with Crippen LogP contribution in [-0.4, -0.2) is 115 Å². The van der Waals surface area contributed by atoms with Crippen molar-refractivity contribution in [3.05, 3.63) is 47.3 Å². The second kappa shape index (κ2) is 15.7. The van der Waals surface area contributed by atoms with Gasteiger partial charge in [-0.2, -0.15) is 4.98 Å². The largest absolute Gasteiger partial charge is 0.494 e. The summed E-state index contributed by atoms with van der Waals surface area (Å²) >= 11 is 3.51. The van der Waals surface area contributed by atoms with Crippen molar-refractivity contribution in [2.75, 3.05) is 87.6 Å². The fraction of sp³-hybridized carbons (Fsp3) is 0.441. The first-order valence-corrected chi connectivity index (χ1v) is 20.1. The SMILES string of the molecule is COc1cc(N2CCC(N3CCN(C)CC3)CC2)c(NC(=O)CC(F)F)cc1Nc1ncc(Br)c(Nc2ccc3nccnc3c2P(C)(C)=O)n1. The van der Waals surface area contributed by atoms with Crippen LogP contribution in [0.3, 0.4) is 0 Å². The molecule has 3 N–H and O–H groups in total. The van der Waals surface area contributed by atoms with E-state index in [1.54, 1.807) is 56.2 Å². The molecule has 4 heterocycles. The number of nitrogens with zero attached hydrogens (tertiary/aromatic N) is 7. The van der Waals surface area contributed by atoms with Crippen molar-refractivity contribution < 1.29 is 22.9 Å². The molecule has 0 saturated carbocycles. The van der Waals surface area contributed by atoms with E-state index < -0.39 is 25.9 Å². The van der Waals surface area contributed by atoms with Crippen molar-refractivity contribution in [3.63, 3.8) is 0 Å². The summed E-state index contributed by atoms with van der Waals surface area (Å²) in [5, 5.41) is 9.71. The normalized spacial score (nSPS) is 16.4. The van der Waals surface area contributed by atoms with Crippen LogP contribution >= 0.6 is 23.1 Å². The van der Waals surface area contributed by atoms with Gasteiger partial charge in [0.1, 0.15) is 24.2 Å². The van der Waals surface area contributed by atoms with E-state index in [1.807, 2.05) is 0 Å². The van der Waals surface area contributed by atoms with Crippen LogP contribution in [0, 0.1) is 0 Å². The highest BCUT2D eigenvalue weighted by Crippen LogP contribution is 2.42. The number of piperidine rings is 1. The number of alkyl halides is 2. The van der Waals surface area contributed by atoms with Gasteiger partial charge in [0.15, 0.2) is 0 Å². The number of amides is 1. The molecule has 0 spiro atoms. The number of hydrogen-bond acceptors (Lipinski definition) is 12. The Balaban J connectivity index is 1.28. The van der Waals surface area contributed by atoms with E-state index in [2.05, 4.69) is 73.6 Å². The number of carbonyl (C=O) groups is 1. The summed E-state index contributed by atoms with van der Waals surface area (Å²) in [6.45, 7) is 8.99. The first-order valence-electron chi connectivity index (χ1n) is 16.7. The number of piperazine rings is 1. The zero-order chi connectivity index (χ0) is 36.3. The topological polar surface area (TPSA) is 141 Å². The molecule has 2 aromatic carbocycles. The second-order valence-electron chi connectivity index (χ2n) is 13.1. The minimum Gasteiger partial charge on any atom is -0.494 e. The van der Waals surface area contributed by atoms with E-state index in [0.29, 0.717) is 61.2 Å². The number of anilines is 6. The van der Waals surface area contributed by atoms with Gasteiger partial charge in [0, 0.05) is 70.0 Å². The van der Waals surface area contributed by atoms with E-state index in [4.69, 9.17) is 4.74 Å². The lowest BCUT2D eigenvalue weighted by Crippen LogP contribution is -2.52. The average molecular weight is 788 g/mol. The molecule has 17 heteroatoms. The maximum Gasteiger partial charge on any atom is 0.247 e. The predicted molar refractivity (Wildman–Crippen MR) is 201 cm³/mol. The number of hydrogen-bond donors (Lipinski definition) is 3. The summed E-state index contributed by atoms with van der Waals surface area (Å²) < 4.78 is 46.2. The van der Waals surface area contributed by atoms with Crippen molar-refractivity contribution in [2.24, 2.45) is 0 Å². The molecule has 51 heavy (non-hydrogen) atoms. The van der Waals surface area contributed by atoms with Crippen LogP contribution in [0.4, 0.5) is 43.3 Å². The monoisotopic (exact) mass is 786 g/mol.